The Kier molecular flexibility index (Phi) is 4.20. The lowest BCUT2D eigenvalue weighted by Crippen LogP contribution is -2.34. The van der Waals surface area contributed by atoms with Crippen molar-refractivity contribution < 1.29 is 0 Å². The summed E-state index contributed by atoms with van der Waals surface area (Å²) in [6, 6.07) is 7.80. The van der Waals surface area contributed by atoms with Crippen molar-refractivity contribution in [3.05, 3.63) is 60.2 Å². The summed E-state index contributed by atoms with van der Waals surface area (Å²) < 4.78 is 0. The molecule has 0 aromatic carbocycles. The van der Waals surface area contributed by atoms with E-state index in [9.17, 15) is 0 Å². The van der Waals surface area contributed by atoms with E-state index in [0.29, 0.717) is 18.2 Å². The first-order valence-electron chi connectivity index (χ1n) is 5.58. The van der Waals surface area contributed by atoms with Crippen LogP contribution < -0.4 is 5.73 Å². The van der Waals surface area contributed by atoms with Gasteiger partial charge in [0.1, 0.15) is 0 Å². The standard InChI is InChI=1S/C13H14N4S/c14-13(18)17(9-11-3-1-5-15-7-11)10-12-4-2-6-16-8-12/h1-8H,9-10H2,(H2,14,18). The largest absolute Gasteiger partial charge is 0.376 e. The Labute approximate surface area is 111 Å². The molecule has 2 rings (SSSR count). The third kappa shape index (κ3) is 3.49. The van der Waals surface area contributed by atoms with Crippen molar-refractivity contribution in [2.45, 2.75) is 13.1 Å². The molecule has 2 heterocycles. The molecule has 0 unspecified atom stereocenters. The third-order valence-electron chi connectivity index (χ3n) is 2.50. The van der Waals surface area contributed by atoms with Crippen LogP contribution in [0.25, 0.3) is 0 Å². The lowest BCUT2D eigenvalue weighted by molar-refractivity contribution is 0.408. The molecule has 0 aliphatic rings. The van der Waals surface area contributed by atoms with Gasteiger partial charge in [0.2, 0.25) is 0 Å². The zero-order valence-corrected chi connectivity index (χ0v) is 10.7. The molecule has 92 valence electrons. The molecule has 0 saturated carbocycles. The lowest BCUT2D eigenvalue weighted by atomic mass is 10.2. The molecule has 0 saturated heterocycles. The number of rotatable bonds is 4. The van der Waals surface area contributed by atoms with E-state index in [1.54, 1.807) is 12.4 Å². The van der Waals surface area contributed by atoms with Crippen LogP contribution in [0.1, 0.15) is 11.1 Å². The second-order valence-electron chi connectivity index (χ2n) is 3.92. The summed E-state index contributed by atoms with van der Waals surface area (Å²) in [6.07, 6.45) is 7.12. The highest BCUT2D eigenvalue weighted by Gasteiger charge is 2.08. The maximum absolute atomic E-state index is 5.75. The fourth-order valence-corrected chi connectivity index (χ4v) is 1.76. The Hall–Kier alpha value is -2.01. The van der Waals surface area contributed by atoms with Crippen LogP contribution in [0.3, 0.4) is 0 Å². The van der Waals surface area contributed by atoms with Gasteiger partial charge < -0.3 is 10.6 Å². The topological polar surface area (TPSA) is 55.0 Å². The highest BCUT2D eigenvalue weighted by atomic mass is 32.1. The maximum Gasteiger partial charge on any atom is 0.166 e. The van der Waals surface area contributed by atoms with Crippen LogP contribution in [0.4, 0.5) is 0 Å². The molecule has 0 bridgehead atoms. The second kappa shape index (κ2) is 6.07. The van der Waals surface area contributed by atoms with Gasteiger partial charge in [-0.2, -0.15) is 0 Å². The molecule has 0 aliphatic carbocycles. The zero-order valence-electron chi connectivity index (χ0n) is 9.86. The third-order valence-corrected chi connectivity index (χ3v) is 2.76. The normalized spacial score (nSPS) is 10.0. The Morgan fingerprint density at radius 2 is 1.56 bits per heavy atom. The van der Waals surface area contributed by atoms with E-state index in [1.807, 2.05) is 41.6 Å². The van der Waals surface area contributed by atoms with Crippen LogP contribution in [-0.2, 0) is 13.1 Å². The van der Waals surface area contributed by atoms with Crippen LogP contribution in [0.15, 0.2) is 49.1 Å². The van der Waals surface area contributed by atoms with Crippen LogP contribution in [0.2, 0.25) is 0 Å². The van der Waals surface area contributed by atoms with Gasteiger partial charge in [-0.05, 0) is 35.5 Å². The maximum atomic E-state index is 5.75. The van der Waals surface area contributed by atoms with Gasteiger partial charge in [-0.1, -0.05) is 12.1 Å². The zero-order chi connectivity index (χ0) is 12.8. The summed E-state index contributed by atoms with van der Waals surface area (Å²) in [5, 5.41) is 0.378. The molecule has 2 aromatic heterocycles. The fraction of sp³-hybridized carbons (Fsp3) is 0.154. The monoisotopic (exact) mass is 258 g/mol. The average molecular weight is 258 g/mol. The molecular weight excluding hydrogens is 244 g/mol. The van der Waals surface area contributed by atoms with Crippen molar-refractivity contribution in [3.63, 3.8) is 0 Å². The van der Waals surface area contributed by atoms with Crippen molar-refractivity contribution in [2.24, 2.45) is 5.73 Å². The number of nitrogens with zero attached hydrogens (tertiary/aromatic N) is 3. The Morgan fingerprint density at radius 3 is 1.89 bits per heavy atom. The summed E-state index contributed by atoms with van der Waals surface area (Å²) in [6.45, 7) is 1.30. The SMILES string of the molecule is NC(=S)N(Cc1cccnc1)Cc1cccnc1. The van der Waals surface area contributed by atoms with Crippen LogP contribution in [-0.4, -0.2) is 20.0 Å². The van der Waals surface area contributed by atoms with E-state index in [2.05, 4.69) is 9.97 Å². The summed E-state index contributed by atoms with van der Waals surface area (Å²) >= 11 is 5.08. The number of nitrogens with two attached hydrogens (primary N) is 1. The van der Waals surface area contributed by atoms with Gasteiger partial charge in [-0.15, -0.1) is 0 Å². The van der Waals surface area contributed by atoms with Crippen molar-refractivity contribution >= 4 is 17.3 Å². The fourth-order valence-electron chi connectivity index (χ4n) is 1.64. The smallest absolute Gasteiger partial charge is 0.166 e. The van der Waals surface area contributed by atoms with E-state index in [1.165, 1.54) is 0 Å². The first kappa shape index (κ1) is 12.4. The first-order chi connectivity index (χ1) is 8.75. The molecule has 4 nitrogen and oxygen atoms in total. The summed E-state index contributed by atoms with van der Waals surface area (Å²) in [4.78, 5) is 10.1. The molecule has 0 radical (unpaired) electrons. The molecule has 0 spiro atoms. The molecule has 0 amide bonds. The molecule has 2 aromatic rings. The Balaban J connectivity index is 2.08. The van der Waals surface area contributed by atoms with Crippen LogP contribution in [0, 0.1) is 0 Å². The summed E-state index contributed by atoms with van der Waals surface area (Å²) in [5.74, 6) is 0. The van der Waals surface area contributed by atoms with Gasteiger partial charge in [0.05, 0.1) is 0 Å². The van der Waals surface area contributed by atoms with Crippen LogP contribution in [0.5, 0.6) is 0 Å². The van der Waals surface area contributed by atoms with Gasteiger partial charge in [0, 0.05) is 37.9 Å². The van der Waals surface area contributed by atoms with Crippen molar-refractivity contribution in [1.29, 1.82) is 0 Å². The summed E-state index contributed by atoms with van der Waals surface area (Å²) in [5.41, 5.74) is 7.90. The number of pyridine rings is 2. The quantitative estimate of drug-likeness (QED) is 0.846. The van der Waals surface area contributed by atoms with Gasteiger partial charge >= 0.3 is 0 Å². The van der Waals surface area contributed by atoms with Gasteiger partial charge in [0.25, 0.3) is 0 Å². The second-order valence-corrected chi connectivity index (χ2v) is 4.34. The van der Waals surface area contributed by atoms with Crippen molar-refractivity contribution in [3.8, 4) is 0 Å². The number of thiocarbonyl (C=S) groups is 1. The molecule has 0 atom stereocenters. The molecular formula is C13H14N4S. The number of hydrogen-bond donors (Lipinski definition) is 1. The molecule has 18 heavy (non-hydrogen) atoms. The highest BCUT2D eigenvalue weighted by molar-refractivity contribution is 7.80. The molecule has 2 N–H and O–H groups in total. The van der Waals surface area contributed by atoms with Gasteiger partial charge in [0.15, 0.2) is 5.11 Å². The average Bonchev–Trinajstić information content (AvgIpc) is 2.40. The van der Waals surface area contributed by atoms with Gasteiger partial charge in [-0.25, -0.2) is 0 Å². The first-order valence-corrected chi connectivity index (χ1v) is 5.99. The Morgan fingerprint density at radius 1 is 1.06 bits per heavy atom. The molecule has 5 heteroatoms. The molecule has 0 aliphatic heterocycles. The van der Waals surface area contributed by atoms with Crippen molar-refractivity contribution in [2.75, 3.05) is 0 Å². The minimum Gasteiger partial charge on any atom is -0.376 e. The van der Waals surface area contributed by atoms with E-state index >= 15 is 0 Å². The predicted molar refractivity (Wildman–Crippen MR) is 74.5 cm³/mol. The highest BCUT2D eigenvalue weighted by Crippen LogP contribution is 2.08. The van der Waals surface area contributed by atoms with Gasteiger partial charge in [-0.3, -0.25) is 9.97 Å². The van der Waals surface area contributed by atoms with E-state index in [-0.39, 0.29) is 0 Å². The number of aromatic nitrogens is 2. The Bertz CT molecular complexity index is 459. The van der Waals surface area contributed by atoms with E-state index in [4.69, 9.17) is 18.0 Å². The van der Waals surface area contributed by atoms with E-state index in [0.717, 1.165) is 11.1 Å². The molecule has 0 fully saturated rings. The number of hydrogen-bond acceptors (Lipinski definition) is 3. The lowest BCUT2D eigenvalue weighted by Gasteiger charge is -2.22. The predicted octanol–water partition coefficient (Wildman–Crippen LogP) is 1.72. The minimum atomic E-state index is 0.378. The van der Waals surface area contributed by atoms with E-state index < -0.39 is 0 Å². The van der Waals surface area contributed by atoms with Crippen molar-refractivity contribution in [1.82, 2.24) is 14.9 Å². The van der Waals surface area contributed by atoms with Crippen LogP contribution >= 0.6 is 12.2 Å². The summed E-state index contributed by atoms with van der Waals surface area (Å²) in [7, 11) is 0. The minimum absolute atomic E-state index is 0.378.